The summed E-state index contributed by atoms with van der Waals surface area (Å²) in [7, 11) is 0. The van der Waals surface area contributed by atoms with E-state index in [0.717, 1.165) is 19.4 Å². The van der Waals surface area contributed by atoms with Gasteiger partial charge < -0.3 is 10.4 Å². The molecule has 0 aliphatic rings. The van der Waals surface area contributed by atoms with Gasteiger partial charge in [0.1, 0.15) is 0 Å². The summed E-state index contributed by atoms with van der Waals surface area (Å²) in [5, 5.41) is 12.6. The van der Waals surface area contributed by atoms with E-state index in [-0.39, 0.29) is 12.0 Å². The van der Waals surface area contributed by atoms with Crippen LogP contribution in [0.2, 0.25) is 0 Å². The molecule has 1 aromatic rings. The van der Waals surface area contributed by atoms with E-state index in [1.807, 2.05) is 0 Å². The number of aliphatic hydroxyl groups excluding tert-OH is 1. The molecule has 1 aromatic carbocycles. The Kier molecular flexibility index (Phi) is 6.22. The monoisotopic (exact) mass is 277 g/mol. The summed E-state index contributed by atoms with van der Waals surface area (Å²) >= 11 is 0. The van der Waals surface area contributed by atoms with Gasteiger partial charge in [0.25, 0.3) is 0 Å². The fourth-order valence-electron chi connectivity index (χ4n) is 2.63. The first kappa shape index (κ1) is 17.2. The molecule has 1 unspecified atom stereocenters. The van der Waals surface area contributed by atoms with Crippen LogP contribution in [0.4, 0.5) is 0 Å². The third-order valence-corrected chi connectivity index (χ3v) is 4.25. The molecule has 20 heavy (non-hydrogen) atoms. The van der Waals surface area contributed by atoms with Crippen molar-refractivity contribution in [2.45, 2.75) is 60.4 Å². The van der Waals surface area contributed by atoms with Gasteiger partial charge in [0.15, 0.2) is 0 Å². The van der Waals surface area contributed by atoms with E-state index in [4.69, 9.17) is 5.11 Å². The van der Waals surface area contributed by atoms with E-state index in [1.54, 1.807) is 0 Å². The molecule has 0 saturated heterocycles. The SMILES string of the molecule is Cc1cc(C)c(C(C)NCC(C)(C)CCCO)cc1C. The Balaban J connectivity index is 2.67. The van der Waals surface area contributed by atoms with E-state index in [1.165, 1.54) is 22.3 Å². The summed E-state index contributed by atoms with van der Waals surface area (Å²) in [6.07, 6.45) is 1.93. The van der Waals surface area contributed by atoms with E-state index in [0.29, 0.717) is 6.04 Å². The average Bonchev–Trinajstić information content (AvgIpc) is 2.38. The summed E-state index contributed by atoms with van der Waals surface area (Å²) in [5.74, 6) is 0. The van der Waals surface area contributed by atoms with Crippen LogP contribution >= 0.6 is 0 Å². The topological polar surface area (TPSA) is 32.3 Å². The van der Waals surface area contributed by atoms with Crippen LogP contribution in [0, 0.1) is 26.2 Å². The minimum atomic E-state index is 0.227. The van der Waals surface area contributed by atoms with Crippen molar-refractivity contribution in [3.05, 3.63) is 34.4 Å². The molecule has 0 heterocycles. The minimum Gasteiger partial charge on any atom is -0.396 e. The quantitative estimate of drug-likeness (QED) is 0.787. The van der Waals surface area contributed by atoms with Crippen LogP contribution in [-0.2, 0) is 0 Å². The molecule has 0 amide bonds. The molecular formula is C18H31NO. The zero-order chi connectivity index (χ0) is 15.3. The molecule has 0 radical (unpaired) electrons. The van der Waals surface area contributed by atoms with Crippen molar-refractivity contribution in [3.8, 4) is 0 Å². The van der Waals surface area contributed by atoms with Gasteiger partial charge in [0.2, 0.25) is 0 Å². The molecule has 1 rings (SSSR count). The molecule has 2 N–H and O–H groups in total. The van der Waals surface area contributed by atoms with Crippen LogP contribution in [0.15, 0.2) is 12.1 Å². The van der Waals surface area contributed by atoms with Gasteiger partial charge >= 0.3 is 0 Å². The Morgan fingerprint density at radius 2 is 1.70 bits per heavy atom. The zero-order valence-corrected chi connectivity index (χ0v) is 14.0. The molecule has 2 nitrogen and oxygen atoms in total. The molecule has 0 bridgehead atoms. The number of hydrogen-bond donors (Lipinski definition) is 2. The molecule has 0 saturated carbocycles. The predicted molar refractivity (Wildman–Crippen MR) is 87.2 cm³/mol. The smallest absolute Gasteiger partial charge is 0.0431 e. The van der Waals surface area contributed by atoms with Gasteiger partial charge in [0, 0.05) is 19.2 Å². The minimum absolute atomic E-state index is 0.227. The van der Waals surface area contributed by atoms with E-state index in [9.17, 15) is 0 Å². The lowest BCUT2D eigenvalue weighted by molar-refractivity contribution is 0.233. The van der Waals surface area contributed by atoms with E-state index >= 15 is 0 Å². The van der Waals surface area contributed by atoms with Crippen LogP contribution in [0.1, 0.15) is 61.9 Å². The van der Waals surface area contributed by atoms with Crippen LogP contribution in [-0.4, -0.2) is 18.3 Å². The Morgan fingerprint density at radius 3 is 2.30 bits per heavy atom. The molecule has 0 aliphatic carbocycles. The van der Waals surface area contributed by atoms with Gasteiger partial charge in [-0.15, -0.1) is 0 Å². The van der Waals surface area contributed by atoms with Crippen molar-refractivity contribution < 1.29 is 5.11 Å². The van der Waals surface area contributed by atoms with Gasteiger partial charge in [-0.3, -0.25) is 0 Å². The van der Waals surface area contributed by atoms with Crippen molar-refractivity contribution in [1.82, 2.24) is 5.32 Å². The summed E-state index contributed by atoms with van der Waals surface area (Å²) in [6.45, 7) is 14.6. The maximum atomic E-state index is 8.96. The van der Waals surface area contributed by atoms with Crippen LogP contribution in [0.25, 0.3) is 0 Å². The van der Waals surface area contributed by atoms with Crippen LogP contribution in [0.3, 0.4) is 0 Å². The Bertz CT molecular complexity index is 437. The van der Waals surface area contributed by atoms with Crippen molar-refractivity contribution in [2.75, 3.05) is 13.2 Å². The first-order chi connectivity index (χ1) is 9.26. The molecular weight excluding hydrogens is 246 g/mol. The van der Waals surface area contributed by atoms with Gasteiger partial charge in [-0.2, -0.15) is 0 Å². The summed E-state index contributed by atoms with van der Waals surface area (Å²) in [5.41, 5.74) is 5.71. The Labute approximate surface area is 124 Å². The lowest BCUT2D eigenvalue weighted by Crippen LogP contribution is -2.31. The number of aliphatic hydroxyl groups is 1. The first-order valence-electron chi connectivity index (χ1n) is 7.69. The fourth-order valence-corrected chi connectivity index (χ4v) is 2.63. The molecule has 1 atom stereocenters. The number of aryl methyl sites for hydroxylation is 3. The second-order valence-corrected chi connectivity index (χ2v) is 6.89. The summed E-state index contributed by atoms with van der Waals surface area (Å²) in [6, 6.07) is 4.95. The molecule has 114 valence electrons. The lowest BCUT2D eigenvalue weighted by atomic mass is 9.87. The maximum absolute atomic E-state index is 8.96. The van der Waals surface area contributed by atoms with Gasteiger partial charge in [-0.1, -0.05) is 26.0 Å². The molecule has 0 aliphatic heterocycles. The van der Waals surface area contributed by atoms with Gasteiger partial charge in [-0.25, -0.2) is 0 Å². The van der Waals surface area contributed by atoms with Gasteiger partial charge in [-0.05, 0) is 68.2 Å². The Morgan fingerprint density at radius 1 is 1.10 bits per heavy atom. The number of nitrogens with one attached hydrogen (secondary N) is 1. The fraction of sp³-hybridized carbons (Fsp3) is 0.667. The summed E-state index contributed by atoms with van der Waals surface area (Å²) < 4.78 is 0. The third kappa shape index (κ3) is 4.92. The predicted octanol–water partition coefficient (Wildman–Crippen LogP) is 4.06. The first-order valence-corrected chi connectivity index (χ1v) is 7.69. The molecule has 0 fully saturated rings. The Hall–Kier alpha value is -0.860. The second-order valence-electron chi connectivity index (χ2n) is 6.89. The summed E-state index contributed by atoms with van der Waals surface area (Å²) in [4.78, 5) is 0. The normalized spacial score (nSPS) is 13.6. The van der Waals surface area contributed by atoms with Crippen molar-refractivity contribution >= 4 is 0 Å². The van der Waals surface area contributed by atoms with E-state index < -0.39 is 0 Å². The highest BCUT2D eigenvalue weighted by molar-refractivity contribution is 5.38. The maximum Gasteiger partial charge on any atom is 0.0431 e. The number of hydrogen-bond acceptors (Lipinski definition) is 2. The highest BCUT2D eigenvalue weighted by Crippen LogP contribution is 2.25. The van der Waals surface area contributed by atoms with Crippen LogP contribution < -0.4 is 5.32 Å². The largest absolute Gasteiger partial charge is 0.396 e. The molecule has 0 aromatic heterocycles. The lowest BCUT2D eigenvalue weighted by Gasteiger charge is -2.28. The van der Waals surface area contributed by atoms with Crippen molar-refractivity contribution in [3.63, 3.8) is 0 Å². The highest BCUT2D eigenvalue weighted by atomic mass is 16.2. The number of benzene rings is 1. The van der Waals surface area contributed by atoms with Crippen molar-refractivity contribution in [2.24, 2.45) is 5.41 Å². The highest BCUT2D eigenvalue weighted by Gasteiger charge is 2.19. The van der Waals surface area contributed by atoms with E-state index in [2.05, 4.69) is 59.0 Å². The third-order valence-electron chi connectivity index (χ3n) is 4.25. The second kappa shape index (κ2) is 7.24. The van der Waals surface area contributed by atoms with Crippen molar-refractivity contribution in [1.29, 1.82) is 0 Å². The molecule has 2 heteroatoms. The average molecular weight is 277 g/mol. The van der Waals surface area contributed by atoms with Crippen LogP contribution in [0.5, 0.6) is 0 Å². The van der Waals surface area contributed by atoms with Gasteiger partial charge in [0.05, 0.1) is 0 Å². The standard InChI is InChI=1S/C18H31NO/c1-13-10-15(3)17(11-14(13)2)16(4)19-12-18(5,6)8-7-9-20/h10-11,16,19-20H,7-9,12H2,1-6H3. The number of rotatable bonds is 7. The zero-order valence-electron chi connectivity index (χ0n) is 14.0. The molecule has 0 spiro atoms.